The first-order chi connectivity index (χ1) is 16.6. The molecule has 1 N–H and O–H groups in total. The lowest BCUT2D eigenvalue weighted by molar-refractivity contribution is 0.111. The minimum atomic E-state index is -0.0448. The average molecular weight is 475 g/mol. The first kappa shape index (κ1) is 22.8. The molecular weight excluding hydrogens is 444 g/mol. The fourth-order valence-electron chi connectivity index (χ4n) is 4.50. The number of piperazine rings is 1. The molecule has 4 aromatic rings. The van der Waals surface area contributed by atoms with E-state index in [2.05, 4.69) is 52.9 Å². The topological polar surface area (TPSA) is 61.5 Å². The summed E-state index contributed by atoms with van der Waals surface area (Å²) in [5.41, 5.74) is 3.24. The first-order valence-corrected chi connectivity index (χ1v) is 12.6. The number of nitrogens with zero attached hydrogens (tertiary/aromatic N) is 3. The van der Waals surface area contributed by atoms with Crippen molar-refractivity contribution >= 4 is 21.6 Å². The van der Waals surface area contributed by atoms with Crippen LogP contribution in [0.5, 0.6) is 5.75 Å². The van der Waals surface area contributed by atoms with Crippen LogP contribution in [-0.2, 0) is 6.54 Å². The number of hydrogen-bond donors (Lipinski definition) is 1. The highest BCUT2D eigenvalue weighted by molar-refractivity contribution is 7.19. The molecular formula is C27H30N4O2S. The van der Waals surface area contributed by atoms with Gasteiger partial charge in [0.25, 0.3) is 5.56 Å². The standard InChI is InChI=1S/C27H30N4O2S/c1-19-8-10-21(11-9-19)24-20(2)34-27-25(24)26(32)28-23(29-27)18-31-14-12-30(13-15-31)16-17-33-22-6-4-3-5-7-22/h3-11H,12-18H2,1-2H3,(H,28,29,32). The Hall–Kier alpha value is -3.00. The lowest BCUT2D eigenvalue weighted by Crippen LogP contribution is -2.47. The van der Waals surface area contributed by atoms with Crippen molar-refractivity contribution in [2.45, 2.75) is 20.4 Å². The molecule has 0 aliphatic carbocycles. The number of aryl methyl sites for hydroxylation is 2. The zero-order chi connectivity index (χ0) is 23.5. The third-order valence-electron chi connectivity index (χ3n) is 6.39. The van der Waals surface area contributed by atoms with Crippen molar-refractivity contribution in [2.24, 2.45) is 0 Å². The Morgan fingerprint density at radius 2 is 1.68 bits per heavy atom. The van der Waals surface area contributed by atoms with E-state index in [1.54, 1.807) is 11.3 Å². The van der Waals surface area contributed by atoms with Crippen molar-refractivity contribution in [2.75, 3.05) is 39.3 Å². The van der Waals surface area contributed by atoms with Gasteiger partial charge in [0.2, 0.25) is 0 Å². The smallest absolute Gasteiger partial charge is 0.260 e. The monoisotopic (exact) mass is 474 g/mol. The summed E-state index contributed by atoms with van der Waals surface area (Å²) in [6, 6.07) is 18.3. The van der Waals surface area contributed by atoms with Gasteiger partial charge in [-0.05, 0) is 31.5 Å². The minimum absolute atomic E-state index is 0.0448. The SMILES string of the molecule is Cc1ccc(-c2c(C)sc3nc(CN4CCN(CCOc5ccccc5)CC4)[nH]c(=O)c23)cc1. The van der Waals surface area contributed by atoms with Crippen LogP contribution in [0.25, 0.3) is 21.3 Å². The molecule has 1 aliphatic rings. The number of thiophene rings is 1. The highest BCUT2D eigenvalue weighted by atomic mass is 32.1. The van der Waals surface area contributed by atoms with E-state index in [0.29, 0.717) is 18.5 Å². The molecule has 5 rings (SSSR count). The molecule has 1 aliphatic heterocycles. The van der Waals surface area contributed by atoms with Crippen LogP contribution in [0.15, 0.2) is 59.4 Å². The van der Waals surface area contributed by atoms with Crippen LogP contribution >= 0.6 is 11.3 Å². The van der Waals surface area contributed by atoms with Crippen molar-refractivity contribution in [3.05, 3.63) is 81.2 Å². The number of aromatic nitrogens is 2. The Kier molecular flexibility index (Phi) is 6.76. The van der Waals surface area contributed by atoms with Gasteiger partial charge in [-0.1, -0.05) is 48.0 Å². The van der Waals surface area contributed by atoms with Gasteiger partial charge in [0.05, 0.1) is 11.9 Å². The molecule has 0 saturated carbocycles. The van der Waals surface area contributed by atoms with Crippen molar-refractivity contribution < 1.29 is 4.74 Å². The summed E-state index contributed by atoms with van der Waals surface area (Å²) in [7, 11) is 0. The van der Waals surface area contributed by atoms with Crippen molar-refractivity contribution in [1.29, 1.82) is 0 Å². The van der Waals surface area contributed by atoms with E-state index < -0.39 is 0 Å². The molecule has 6 nitrogen and oxygen atoms in total. The minimum Gasteiger partial charge on any atom is -0.492 e. The van der Waals surface area contributed by atoms with E-state index in [9.17, 15) is 4.79 Å². The summed E-state index contributed by atoms with van der Waals surface area (Å²) >= 11 is 1.60. The van der Waals surface area contributed by atoms with Crippen LogP contribution in [0.1, 0.15) is 16.3 Å². The van der Waals surface area contributed by atoms with Gasteiger partial charge in [0.15, 0.2) is 0 Å². The summed E-state index contributed by atoms with van der Waals surface area (Å²) in [6.07, 6.45) is 0. The molecule has 2 aromatic heterocycles. The maximum absolute atomic E-state index is 13.1. The second-order valence-corrected chi connectivity index (χ2v) is 10.1. The van der Waals surface area contributed by atoms with Gasteiger partial charge in [-0.25, -0.2) is 4.98 Å². The second-order valence-electron chi connectivity index (χ2n) is 8.87. The molecule has 3 heterocycles. The molecule has 0 bridgehead atoms. The van der Waals surface area contributed by atoms with Crippen molar-refractivity contribution in [1.82, 2.24) is 19.8 Å². The zero-order valence-electron chi connectivity index (χ0n) is 19.7. The van der Waals surface area contributed by atoms with E-state index >= 15 is 0 Å². The van der Waals surface area contributed by atoms with E-state index in [4.69, 9.17) is 9.72 Å². The van der Waals surface area contributed by atoms with Crippen LogP contribution in [-0.4, -0.2) is 59.1 Å². The first-order valence-electron chi connectivity index (χ1n) is 11.8. The Morgan fingerprint density at radius 3 is 2.41 bits per heavy atom. The van der Waals surface area contributed by atoms with Gasteiger partial charge in [-0.3, -0.25) is 14.6 Å². The zero-order valence-corrected chi connectivity index (χ0v) is 20.5. The van der Waals surface area contributed by atoms with Gasteiger partial charge >= 0.3 is 0 Å². The number of hydrogen-bond acceptors (Lipinski definition) is 6. The maximum atomic E-state index is 13.1. The normalized spacial score (nSPS) is 15.1. The third kappa shape index (κ3) is 5.06. The van der Waals surface area contributed by atoms with Crippen LogP contribution < -0.4 is 10.3 Å². The number of H-pyrrole nitrogens is 1. The van der Waals surface area contributed by atoms with E-state index in [1.807, 2.05) is 30.3 Å². The summed E-state index contributed by atoms with van der Waals surface area (Å²) < 4.78 is 5.83. The van der Waals surface area contributed by atoms with Gasteiger partial charge in [0.1, 0.15) is 23.0 Å². The Morgan fingerprint density at radius 1 is 0.971 bits per heavy atom. The molecule has 1 saturated heterocycles. The number of benzene rings is 2. The molecule has 0 spiro atoms. The van der Waals surface area contributed by atoms with Crippen molar-refractivity contribution in [3.63, 3.8) is 0 Å². The number of nitrogens with one attached hydrogen (secondary N) is 1. The number of rotatable bonds is 7. The van der Waals surface area contributed by atoms with E-state index in [1.165, 1.54) is 5.56 Å². The Labute approximate surface area is 203 Å². The largest absolute Gasteiger partial charge is 0.492 e. The van der Waals surface area contributed by atoms with Crippen LogP contribution in [0, 0.1) is 13.8 Å². The summed E-state index contributed by atoms with van der Waals surface area (Å²) in [5.74, 6) is 1.66. The van der Waals surface area contributed by atoms with Gasteiger partial charge in [-0.15, -0.1) is 11.3 Å². The number of fused-ring (bicyclic) bond motifs is 1. The molecule has 0 atom stereocenters. The Balaban J connectivity index is 1.21. The Bertz CT molecular complexity index is 1310. The summed E-state index contributed by atoms with van der Waals surface area (Å²) in [4.78, 5) is 27.7. The molecule has 7 heteroatoms. The predicted octanol–water partition coefficient (Wildman–Crippen LogP) is 4.47. The highest BCUT2D eigenvalue weighted by Gasteiger charge is 2.20. The molecule has 2 aromatic carbocycles. The summed E-state index contributed by atoms with van der Waals surface area (Å²) in [5, 5.41) is 0.707. The predicted molar refractivity (Wildman–Crippen MR) is 139 cm³/mol. The molecule has 0 unspecified atom stereocenters. The van der Waals surface area contributed by atoms with Gasteiger partial charge in [0, 0.05) is 43.2 Å². The molecule has 0 amide bonds. The van der Waals surface area contributed by atoms with E-state index in [-0.39, 0.29) is 5.56 Å². The van der Waals surface area contributed by atoms with Crippen LogP contribution in [0.2, 0.25) is 0 Å². The lowest BCUT2D eigenvalue weighted by atomic mass is 10.0. The van der Waals surface area contributed by atoms with Gasteiger partial charge in [-0.2, -0.15) is 0 Å². The van der Waals surface area contributed by atoms with Gasteiger partial charge < -0.3 is 9.72 Å². The highest BCUT2D eigenvalue weighted by Crippen LogP contribution is 2.35. The fraction of sp³-hybridized carbons (Fsp3) is 0.333. The van der Waals surface area contributed by atoms with Crippen LogP contribution in [0.4, 0.5) is 0 Å². The average Bonchev–Trinajstić information content (AvgIpc) is 3.18. The van der Waals surface area contributed by atoms with Crippen molar-refractivity contribution in [3.8, 4) is 16.9 Å². The molecule has 34 heavy (non-hydrogen) atoms. The lowest BCUT2D eigenvalue weighted by Gasteiger charge is -2.34. The fourth-order valence-corrected chi connectivity index (χ4v) is 5.56. The maximum Gasteiger partial charge on any atom is 0.260 e. The van der Waals surface area contributed by atoms with Crippen LogP contribution in [0.3, 0.4) is 0 Å². The number of aromatic amines is 1. The molecule has 176 valence electrons. The van der Waals surface area contributed by atoms with E-state index in [0.717, 1.165) is 65.1 Å². The summed E-state index contributed by atoms with van der Waals surface area (Å²) in [6.45, 7) is 10.3. The quantitative estimate of drug-likeness (QED) is 0.428. The number of para-hydroxylation sites is 1. The molecule has 0 radical (unpaired) electrons. The second kappa shape index (κ2) is 10.1. The molecule has 1 fully saturated rings. The third-order valence-corrected chi connectivity index (χ3v) is 7.38. The number of ether oxygens (including phenoxy) is 1.